The Morgan fingerprint density at radius 1 is 1.41 bits per heavy atom. The fourth-order valence-corrected chi connectivity index (χ4v) is 2.81. The molecule has 1 N–H and O–H groups in total. The molecule has 0 radical (unpaired) electrons. The van der Waals surface area contributed by atoms with Gasteiger partial charge in [0.05, 0.1) is 0 Å². The third-order valence-corrected chi connectivity index (χ3v) is 3.94. The molecule has 1 aliphatic carbocycles. The first-order chi connectivity index (χ1) is 8.15. The van der Waals surface area contributed by atoms with Gasteiger partial charge in [-0.1, -0.05) is 24.3 Å². The highest BCUT2D eigenvalue weighted by Crippen LogP contribution is 2.40. The van der Waals surface area contributed by atoms with Crippen LogP contribution in [0.1, 0.15) is 49.7 Å². The summed E-state index contributed by atoms with van der Waals surface area (Å²) in [6.07, 6.45) is 5.28. The smallest absolute Gasteiger partial charge is 0.220 e. The van der Waals surface area contributed by atoms with Gasteiger partial charge in [-0.2, -0.15) is 0 Å². The molecule has 90 valence electrons. The average Bonchev–Trinajstić information content (AvgIpc) is 3.06. The van der Waals surface area contributed by atoms with Crippen LogP contribution in [0.4, 0.5) is 0 Å². The summed E-state index contributed by atoms with van der Waals surface area (Å²) < 4.78 is 0. The van der Waals surface area contributed by atoms with Crippen molar-refractivity contribution in [3.63, 3.8) is 0 Å². The minimum Gasteiger partial charge on any atom is -0.351 e. The van der Waals surface area contributed by atoms with E-state index in [1.165, 1.54) is 24.0 Å². The molecule has 1 aromatic rings. The van der Waals surface area contributed by atoms with E-state index < -0.39 is 0 Å². The third-order valence-electron chi connectivity index (χ3n) is 3.94. The number of carbonyl (C=O) groups is 1. The Morgan fingerprint density at radius 3 is 2.88 bits per heavy atom. The van der Waals surface area contributed by atoms with Gasteiger partial charge in [0, 0.05) is 12.0 Å². The fraction of sp³-hybridized carbons (Fsp3) is 0.533. The van der Waals surface area contributed by atoms with Crippen molar-refractivity contribution in [1.29, 1.82) is 0 Å². The van der Waals surface area contributed by atoms with Crippen LogP contribution in [0.25, 0.3) is 0 Å². The van der Waals surface area contributed by atoms with Crippen molar-refractivity contribution < 1.29 is 4.79 Å². The number of carbonyl (C=O) groups excluding carboxylic acids is 1. The summed E-state index contributed by atoms with van der Waals surface area (Å²) in [5, 5.41) is 3.10. The van der Waals surface area contributed by atoms with Crippen LogP contribution in [0.2, 0.25) is 0 Å². The van der Waals surface area contributed by atoms with Crippen LogP contribution in [0.15, 0.2) is 24.3 Å². The van der Waals surface area contributed by atoms with Gasteiger partial charge >= 0.3 is 0 Å². The van der Waals surface area contributed by atoms with Gasteiger partial charge in [-0.25, -0.2) is 0 Å². The van der Waals surface area contributed by atoms with E-state index in [4.69, 9.17) is 0 Å². The van der Waals surface area contributed by atoms with Crippen molar-refractivity contribution in [2.75, 3.05) is 0 Å². The Labute approximate surface area is 102 Å². The molecule has 1 saturated heterocycles. The second-order valence-corrected chi connectivity index (χ2v) is 5.80. The van der Waals surface area contributed by atoms with Gasteiger partial charge in [0.25, 0.3) is 0 Å². The van der Waals surface area contributed by atoms with Gasteiger partial charge in [0.1, 0.15) is 0 Å². The van der Waals surface area contributed by atoms with Crippen molar-refractivity contribution in [3.8, 4) is 0 Å². The maximum atomic E-state index is 11.3. The van der Waals surface area contributed by atoms with Crippen LogP contribution in [-0.4, -0.2) is 11.4 Å². The molecule has 1 aromatic carbocycles. The topological polar surface area (TPSA) is 29.1 Å². The summed E-state index contributed by atoms with van der Waals surface area (Å²) in [7, 11) is 0. The Balaban J connectivity index is 1.75. The van der Waals surface area contributed by atoms with E-state index in [2.05, 4.69) is 36.5 Å². The van der Waals surface area contributed by atoms with Gasteiger partial charge in [-0.15, -0.1) is 0 Å². The van der Waals surface area contributed by atoms with Gasteiger partial charge in [0.2, 0.25) is 5.91 Å². The molecule has 0 aromatic heterocycles. The first-order valence-electron chi connectivity index (χ1n) is 6.54. The number of rotatable bonds is 3. The molecule has 2 fully saturated rings. The molecule has 1 aliphatic heterocycles. The molecule has 1 amide bonds. The maximum absolute atomic E-state index is 11.3. The third kappa shape index (κ3) is 2.36. The predicted octanol–water partition coefficient (Wildman–Crippen LogP) is 2.78. The largest absolute Gasteiger partial charge is 0.351 e. The SMILES string of the molecule is CC1(Cc2cccc(C3CC3)c2)CCC(=O)N1. The molecule has 1 heterocycles. The van der Waals surface area contributed by atoms with Crippen molar-refractivity contribution in [2.45, 2.75) is 50.5 Å². The van der Waals surface area contributed by atoms with Crippen LogP contribution in [0.3, 0.4) is 0 Å². The standard InChI is InChI=1S/C15H19NO/c1-15(8-7-14(17)16-15)10-11-3-2-4-13(9-11)12-5-6-12/h2-4,9,12H,5-8,10H2,1H3,(H,16,17). The molecule has 0 spiro atoms. The second-order valence-electron chi connectivity index (χ2n) is 5.80. The van der Waals surface area contributed by atoms with Crippen molar-refractivity contribution >= 4 is 5.91 Å². The molecule has 1 unspecified atom stereocenters. The number of nitrogens with one attached hydrogen (secondary N) is 1. The monoisotopic (exact) mass is 229 g/mol. The second kappa shape index (κ2) is 3.86. The zero-order valence-electron chi connectivity index (χ0n) is 10.3. The highest BCUT2D eigenvalue weighted by atomic mass is 16.2. The highest BCUT2D eigenvalue weighted by molar-refractivity contribution is 5.79. The minimum atomic E-state index is -0.0285. The predicted molar refractivity (Wildman–Crippen MR) is 67.9 cm³/mol. The molecule has 0 bridgehead atoms. The summed E-state index contributed by atoms with van der Waals surface area (Å²) in [6, 6.07) is 8.90. The van der Waals surface area contributed by atoms with E-state index in [0.29, 0.717) is 6.42 Å². The molecule has 2 heteroatoms. The van der Waals surface area contributed by atoms with E-state index in [0.717, 1.165) is 18.8 Å². The molecular formula is C15H19NO. The molecule has 2 aliphatic rings. The molecule has 3 rings (SSSR count). The van der Waals surface area contributed by atoms with Gasteiger partial charge in [-0.05, 0) is 49.7 Å². The van der Waals surface area contributed by atoms with Gasteiger partial charge in [0.15, 0.2) is 0 Å². The summed E-state index contributed by atoms with van der Waals surface area (Å²) in [5.41, 5.74) is 2.81. The lowest BCUT2D eigenvalue weighted by atomic mass is 9.90. The van der Waals surface area contributed by atoms with Crippen LogP contribution in [-0.2, 0) is 11.2 Å². The van der Waals surface area contributed by atoms with Crippen LogP contribution < -0.4 is 5.32 Å². The number of hydrogen-bond acceptors (Lipinski definition) is 1. The Bertz CT molecular complexity index is 450. The van der Waals surface area contributed by atoms with E-state index in [1.54, 1.807) is 0 Å². The van der Waals surface area contributed by atoms with Crippen LogP contribution in [0, 0.1) is 0 Å². The molecular weight excluding hydrogens is 210 g/mol. The van der Waals surface area contributed by atoms with Gasteiger partial charge < -0.3 is 5.32 Å². The average molecular weight is 229 g/mol. The first kappa shape index (κ1) is 10.8. The normalized spacial score (nSPS) is 28.2. The Hall–Kier alpha value is -1.31. The van der Waals surface area contributed by atoms with E-state index in [9.17, 15) is 4.79 Å². The Kier molecular flexibility index (Phi) is 2.46. The molecule has 2 nitrogen and oxygen atoms in total. The van der Waals surface area contributed by atoms with E-state index in [-0.39, 0.29) is 11.4 Å². The lowest BCUT2D eigenvalue weighted by Crippen LogP contribution is -2.40. The zero-order chi connectivity index (χ0) is 11.9. The van der Waals surface area contributed by atoms with E-state index in [1.807, 2.05) is 0 Å². The van der Waals surface area contributed by atoms with Crippen molar-refractivity contribution in [1.82, 2.24) is 5.32 Å². The van der Waals surface area contributed by atoms with Crippen LogP contribution in [0.5, 0.6) is 0 Å². The summed E-state index contributed by atoms with van der Waals surface area (Å²) in [6.45, 7) is 2.15. The molecule has 17 heavy (non-hydrogen) atoms. The van der Waals surface area contributed by atoms with E-state index >= 15 is 0 Å². The zero-order valence-corrected chi connectivity index (χ0v) is 10.3. The quantitative estimate of drug-likeness (QED) is 0.848. The minimum absolute atomic E-state index is 0.0285. The fourth-order valence-electron chi connectivity index (χ4n) is 2.81. The van der Waals surface area contributed by atoms with Crippen LogP contribution >= 0.6 is 0 Å². The maximum Gasteiger partial charge on any atom is 0.220 e. The summed E-state index contributed by atoms with van der Waals surface area (Å²) >= 11 is 0. The first-order valence-corrected chi connectivity index (χ1v) is 6.54. The van der Waals surface area contributed by atoms with Crippen molar-refractivity contribution in [3.05, 3.63) is 35.4 Å². The lowest BCUT2D eigenvalue weighted by Gasteiger charge is -2.24. The molecule has 1 saturated carbocycles. The number of benzene rings is 1. The Morgan fingerprint density at radius 2 is 2.24 bits per heavy atom. The molecule has 1 atom stereocenters. The number of amides is 1. The lowest BCUT2D eigenvalue weighted by molar-refractivity contribution is -0.119. The highest BCUT2D eigenvalue weighted by Gasteiger charge is 2.33. The van der Waals surface area contributed by atoms with Gasteiger partial charge in [-0.3, -0.25) is 4.79 Å². The summed E-state index contributed by atoms with van der Waals surface area (Å²) in [5.74, 6) is 1.01. The van der Waals surface area contributed by atoms with Crippen molar-refractivity contribution in [2.24, 2.45) is 0 Å². The summed E-state index contributed by atoms with van der Waals surface area (Å²) in [4.78, 5) is 11.3. The number of hydrogen-bond donors (Lipinski definition) is 1.